The van der Waals surface area contributed by atoms with Crippen LogP contribution < -0.4 is 14.2 Å². The highest BCUT2D eigenvalue weighted by Gasteiger charge is 2.27. The summed E-state index contributed by atoms with van der Waals surface area (Å²) in [5, 5.41) is 0. The third kappa shape index (κ3) is 4.49. The van der Waals surface area contributed by atoms with Gasteiger partial charge in [0.2, 0.25) is 10.0 Å². The summed E-state index contributed by atoms with van der Waals surface area (Å²) in [5.41, 5.74) is 0.682. The second kappa shape index (κ2) is 7.84. The van der Waals surface area contributed by atoms with Gasteiger partial charge in [-0.1, -0.05) is 26.0 Å². The summed E-state index contributed by atoms with van der Waals surface area (Å²) in [6.45, 7) is 3.78. The maximum Gasteiger partial charge on any atom is 0.244 e. The fourth-order valence-electron chi connectivity index (χ4n) is 2.48. The van der Waals surface area contributed by atoms with Crippen LogP contribution >= 0.6 is 0 Å². The predicted octanol–water partition coefficient (Wildman–Crippen LogP) is 3.52. The lowest BCUT2D eigenvalue weighted by Crippen LogP contribution is -2.32. The maximum atomic E-state index is 13.2. The van der Waals surface area contributed by atoms with Crippen molar-refractivity contribution in [3.05, 3.63) is 53.8 Å². The van der Waals surface area contributed by atoms with Crippen LogP contribution in [0.4, 0.5) is 4.39 Å². The zero-order valence-electron chi connectivity index (χ0n) is 14.6. The van der Waals surface area contributed by atoms with E-state index in [0.717, 1.165) is 0 Å². The first-order valence-electron chi connectivity index (χ1n) is 7.78. The maximum absolute atomic E-state index is 13.2. The monoisotopic (exact) mass is 367 g/mol. The molecule has 2 rings (SSSR count). The second-order valence-electron chi connectivity index (χ2n) is 5.91. The third-order valence-electron chi connectivity index (χ3n) is 3.84. The molecule has 136 valence electrons. The van der Waals surface area contributed by atoms with Gasteiger partial charge in [0.25, 0.3) is 0 Å². The standard InChI is InChI=1S/C18H22FNO4S/c1-12(2)18(13-5-7-14(19)8-6-13)20-25(21,22)17-11-15(23-3)9-10-16(17)24-4/h5-12,18,20H,1-4H3. The fourth-order valence-corrected chi connectivity index (χ4v) is 4.04. The van der Waals surface area contributed by atoms with Crippen molar-refractivity contribution in [1.29, 1.82) is 0 Å². The molecule has 0 spiro atoms. The molecular formula is C18H22FNO4S. The fraction of sp³-hybridized carbons (Fsp3) is 0.333. The van der Waals surface area contributed by atoms with Crippen LogP contribution in [-0.2, 0) is 10.0 Å². The summed E-state index contributed by atoms with van der Waals surface area (Å²) in [5.74, 6) is 0.208. The van der Waals surface area contributed by atoms with Crippen molar-refractivity contribution in [2.45, 2.75) is 24.8 Å². The largest absolute Gasteiger partial charge is 0.497 e. The van der Waals surface area contributed by atoms with Crippen LogP contribution in [0.5, 0.6) is 11.5 Å². The molecule has 2 aromatic rings. The average Bonchev–Trinajstić information content (AvgIpc) is 2.59. The second-order valence-corrected chi connectivity index (χ2v) is 7.59. The Balaban J connectivity index is 2.43. The molecule has 0 aliphatic heterocycles. The van der Waals surface area contributed by atoms with E-state index in [1.54, 1.807) is 18.2 Å². The number of methoxy groups -OCH3 is 2. The molecule has 5 nitrogen and oxygen atoms in total. The van der Waals surface area contributed by atoms with Crippen LogP contribution in [0.15, 0.2) is 47.4 Å². The van der Waals surface area contributed by atoms with Crippen LogP contribution in [-0.4, -0.2) is 22.6 Å². The molecule has 0 bridgehead atoms. The van der Waals surface area contributed by atoms with Crippen LogP contribution in [0.25, 0.3) is 0 Å². The van der Waals surface area contributed by atoms with E-state index in [-0.39, 0.29) is 22.4 Å². The Bertz CT molecular complexity index is 819. The molecule has 0 heterocycles. The number of hydrogen-bond donors (Lipinski definition) is 1. The van der Waals surface area contributed by atoms with E-state index in [0.29, 0.717) is 11.3 Å². The van der Waals surface area contributed by atoms with Gasteiger partial charge < -0.3 is 9.47 Å². The highest BCUT2D eigenvalue weighted by atomic mass is 32.2. The molecule has 0 fully saturated rings. The van der Waals surface area contributed by atoms with E-state index in [2.05, 4.69) is 4.72 Å². The van der Waals surface area contributed by atoms with Crippen LogP contribution in [0.1, 0.15) is 25.5 Å². The van der Waals surface area contributed by atoms with Gasteiger partial charge in [0, 0.05) is 12.1 Å². The van der Waals surface area contributed by atoms with Crippen molar-refractivity contribution in [2.75, 3.05) is 14.2 Å². The van der Waals surface area contributed by atoms with Crippen molar-refractivity contribution in [1.82, 2.24) is 4.72 Å². The Labute approximate surface area is 147 Å². The summed E-state index contributed by atoms with van der Waals surface area (Å²) >= 11 is 0. The first-order valence-corrected chi connectivity index (χ1v) is 9.26. The molecule has 0 aromatic heterocycles. The van der Waals surface area contributed by atoms with Gasteiger partial charge in [-0.3, -0.25) is 0 Å². The Kier molecular flexibility index (Phi) is 6.02. The van der Waals surface area contributed by atoms with Gasteiger partial charge in [-0.15, -0.1) is 0 Å². The average molecular weight is 367 g/mol. The third-order valence-corrected chi connectivity index (χ3v) is 5.30. The topological polar surface area (TPSA) is 64.6 Å². The van der Waals surface area contributed by atoms with Gasteiger partial charge >= 0.3 is 0 Å². The van der Waals surface area contributed by atoms with Gasteiger partial charge in [-0.05, 0) is 35.7 Å². The molecular weight excluding hydrogens is 345 g/mol. The summed E-state index contributed by atoms with van der Waals surface area (Å²) in [4.78, 5) is -0.0119. The predicted molar refractivity (Wildman–Crippen MR) is 93.8 cm³/mol. The Morgan fingerprint density at radius 1 is 1.00 bits per heavy atom. The van der Waals surface area contributed by atoms with E-state index in [1.165, 1.54) is 38.5 Å². The first-order chi connectivity index (χ1) is 11.8. The Morgan fingerprint density at radius 3 is 2.16 bits per heavy atom. The normalized spacial score (nSPS) is 12.9. The lowest BCUT2D eigenvalue weighted by Gasteiger charge is -2.23. The molecule has 1 atom stereocenters. The molecule has 0 aliphatic rings. The molecule has 1 N–H and O–H groups in total. The minimum absolute atomic E-state index is 0.0119. The lowest BCUT2D eigenvalue weighted by atomic mass is 9.97. The van der Waals surface area contributed by atoms with E-state index in [9.17, 15) is 12.8 Å². The van der Waals surface area contributed by atoms with E-state index in [4.69, 9.17) is 9.47 Å². The molecule has 0 radical (unpaired) electrons. The zero-order chi connectivity index (χ0) is 18.6. The lowest BCUT2D eigenvalue weighted by molar-refractivity contribution is 0.390. The number of benzene rings is 2. The van der Waals surface area contributed by atoms with Gasteiger partial charge in [-0.25, -0.2) is 17.5 Å². The minimum Gasteiger partial charge on any atom is -0.497 e. The molecule has 2 aromatic carbocycles. The summed E-state index contributed by atoms with van der Waals surface area (Å²) in [7, 11) is -1.02. The van der Waals surface area contributed by atoms with Crippen LogP contribution in [0.3, 0.4) is 0 Å². The number of sulfonamides is 1. The zero-order valence-corrected chi connectivity index (χ0v) is 15.4. The van der Waals surface area contributed by atoms with Gasteiger partial charge in [-0.2, -0.15) is 0 Å². The molecule has 0 saturated carbocycles. The van der Waals surface area contributed by atoms with Crippen molar-refractivity contribution < 1.29 is 22.3 Å². The van der Waals surface area contributed by atoms with Crippen molar-refractivity contribution in [2.24, 2.45) is 5.92 Å². The Hall–Kier alpha value is -2.12. The van der Waals surface area contributed by atoms with Gasteiger partial charge in [0.15, 0.2) is 0 Å². The highest BCUT2D eigenvalue weighted by molar-refractivity contribution is 7.89. The van der Waals surface area contributed by atoms with E-state index >= 15 is 0 Å². The van der Waals surface area contributed by atoms with Gasteiger partial charge in [0.1, 0.15) is 22.2 Å². The number of ether oxygens (including phenoxy) is 2. The Morgan fingerprint density at radius 2 is 1.64 bits per heavy atom. The number of nitrogens with one attached hydrogen (secondary N) is 1. The number of hydrogen-bond acceptors (Lipinski definition) is 4. The minimum atomic E-state index is -3.89. The van der Waals surface area contributed by atoms with Crippen LogP contribution in [0, 0.1) is 11.7 Å². The number of rotatable bonds is 7. The molecule has 7 heteroatoms. The quantitative estimate of drug-likeness (QED) is 0.813. The molecule has 0 saturated heterocycles. The molecule has 0 amide bonds. The highest BCUT2D eigenvalue weighted by Crippen LogP contribution is 2.31. The van der Waals surface area contributed by atoms with Crippen molar-refractivity contribution >= 4 is 10.0 Å². The van der Waals surface area contributed by atoms with Gasteiger partial charge in [0.05, 0.1) is 14.2 Å². The van der Waals surface area contributed by atoms with E-state index in [1.807, 2.05) is 13.8 Å². The molecule has 1 unspecified atom stereocenters. The summed E-state index contributed by atoms with van der Waals surface area (Å²) < 4.78 is 52.0. The smallest absolute Gasteiger partial charge is 0.244 e. The summed E-state index contributed by atoms with van der Waals surface area (Å²) in [6.07, 6.45) is 0. The van der Waals surface area contributed by atoms with Crippen molar-refractivity contribution in [3.63, 3.8) is 0 Å². The first kappa shape index (κ1) is 19.2. The molecule has 0 aliphatic carbocycles. The SMILES string of the molecule is COc1ccc(OC)c(S(=O)(=O)NC(c2ccc(F)cc2)C(C)C)c1. The van der Waals surface area contributed by atoms with Crippen molar-refractivity contribution in [3.8, 4) is 11.5 Å². The van der Waals surface area contributed by atoms with Crippen LogP contribution in [0.2, 0.25) is 0 Å². The number of halogens is 1. The molecule has 25 heavy (non-hydrogen) atoms. The van der Waals surface area contributed by atoms with E-state index < -0.39 is 16.1 Å². The summed E-state index contributed by atoms with van der Waals surface area (Å²) in [6, 6.07) is 9.82.